The normalized spacial score (nSPS) is 33.1. The quantitative estimate of drug-likeness (QED) is 0.648. The minimum atomic E-state index is 0.344. The molecular weight excluding hydrogens is 344 g/mol. The van der Waals surface area contributed by atoms with E-state index in [1.54, 1.807) is 22.5 Å². The van der Waals surface area contributed by atoms with E-state index in [1.807, 2.05) is 0 Å². The van der Waals surface area contributed by atoms with Crippen molar-refractivity contribution in [1.29, 1.82) is 0 Å². The van der Waals surface area contributed by atoms with Gasteiger partial charge in [-0.25, -0.2) is 0 Å². The summed E-state index contributed by atoms with van der Waals surface area (Å²) >= 11 is 0. The summed E-state index contributed by atoms with van der Waals surface area (Å²) in [5.41, 5.74) is 6.57. The Bertz CT molecular complexity index is 757. The van der Waals surface area contributed by atoms with E-state index in [0.29, 0.717) is 24.5 Å². The van der Waals surface area contributed by atoms with E-state index in [9.17, 15) is 0 Å². The van der Waals surface area contributed by atoms with Gasteiger partial charge < -0.3 is 10.0 Å². The van der Waals surface area contributed by atoms with Crippen LogP contribution in [0.4, 0.5) is 0 Å². The average molecular weight is 379 g/mol. The predicted octanol–water partition coefficient (Wildman–Crippen LogP) is 5.16. The first-order valence-electron chi connectivity index (χ1n) is 11.6. The minimum absolute atomic E-state index is 0.344. The summed E-state index contributed by atoms with van der Waals surface area (Å²) in [5, 5.41) is 9.03. The number of hydrogen-bond acceptors (Lipinski definition) is 3. The first-order chi connectivity index (χ1) is 13.9. The van der Waals surface area contributed by atoms with Gasteiger partial charge in [-0.05, 0) is 68.1 Å². The van der Waals surface area contributed by atoms with Gasteiger partial charge in [0, 0.05) is 42.6 Å². The lowest BCUT2D eigenvalue weighted by atomic mass is 9.73. The van der Waals surface area contributed by atoms with E-state index >= 15 is 0 Å². The molecule has 3 heterocycles. The summed E-state index contributed by atoms with van der Waals surface area (Å²) in [5.74, 6) is 2.07. The summed E-state index contributed by atoms with van der Waals surface area (Å²) in [6.07, 6.45) is 24.0. The van der Waals surface area contributed by atoms with Gasteiger partial charge in [-0.2, -0.15) is 0 Å². The Labute approximate surface area is 169 Å². The van der Waals surface area contributed by atoms with Crippen LogP contribution in [-0.2, 0) is 0 Å². The molecule has 1 N–H and O–H groups in total. The number of aliphatic hydroxyl groups is 1. The molecule has 3 aliphatic heterocycles. The molecule has 1 fully saturated rings. The number of unbranched alkanes of at least 4 members (excludes halogenated alkanes) is 3. The van der Waals surface area contributed by atoms with Gasteiger partial charge in [-0.1, -0.05) is 37.5 Å². The second-order valence-electron chi connectivity index (χ2n) is 9.20. The number of rotatable bonds is 6. The third-order valence-corrected chi connectivity index (χ3v) is 7.69. The molecule has 0 bridgehead atoms. The largest absolute Gasteiger partial charge is 0.396 e. The Hall–Kier alpha value is -1.61. The number of hydrogen-bond donors (Lipinski definition) is 1. The van der Waals surface area contributed by atoms with Gasteiger partial charge in [0.1, 0.15) is 0 Å². The van der Waals surface area contributed by atoms with E-state index in [-0.39, 0.29) is 0 Å². The SMILES string of the molecule is OCCCCCCC1CC[C@H]2C3=C1CC=C1C=CCCC1N3C1=CC=NC[C@@H]12. The molecule has 0 saturated carbocycles. The zero-order valence-electron chi connectivity index (χ0n) is 17.0. The van der Waals surface area contributed by atoms with E-state index in [0.717, 1.165) is 25.3 Å². The van der Waals surface area contributed by atoms with Crippen molar-refractivity contribution in [3.63, 3.8) is 0 Å². The topological polar surface area (TPSA) is 35.8 Å². The molecule has 0 aromatic heterocycles. The zero-order valence-corrected chi connectivity index (χ0v) is 17.0. The van der Waals surface area contributed by atoms with Crippen molar-refractivity contribution in [2.75, 3.05) is 13.2 Å². The van der Waals surface area contributed by atoms with Crippen molar-refractivity contribution >= 4 is 6.21 Å². The van der Waals surface area contributed by atoms with Crippen molar-refractivity contribution in [3.8, 4) is 0 Å². The lowest BCUT2D eigenvalue weighted by Crippen LogP contribution is -2.34. The van der Waals surface area contributed by atoms with Crippen molar-refractivity contribution in [3.05, 3.63) is 46.8 Å². The molecule has 1 saturated heterocycles. The molecule has 0 aromatic carbocycles. The summed E-state index contributed by atoms with van der Waals surface area (Å²) in [4.78, 5) is 7.44. The fourth-order valence-corrected chi connectivity index (χ4v) is 6.37. The maximum atomic E-state index is 9.03. The zero-order chi connectivity index (χ0) is 18.9. The first kappa shape index (κ1) is 18.4. The lowest BCUT2D eigenvalue weighted by molar-refractivity contribution is 0.280. The smallest absolute Gasteiger partial charge is 0.0585 e. The van der Waals surface area contributed by atoms with Crippen LogP contribution in [0.25, 0.3) is 0 Å². The molecule has 3 heteroatoms. The molecule has 28 heavy (non-hydrogen) atoms. The maximum absolute atomic E-state index is 9.03. The second kappa shape index (κ2) is 8.02. The van der Waals surface area contributed by atoms with Crippen LogP contribution in [0.15, 0.2) is 51.8 Å². The number of nitrogens with zero attached hydrogens (tertiary/aromatic N) is 2. The monoisotopic (exact) mass is 378 g/mol. The van der Waals surface area contributed by atoms with Crippen molar-refractivity contribution in [2.24, 2.45) is 22.7 Å². The Balaban J connectivity index is 1.46. The highest BCUT2D eigenvalue weighted by molar-refractivity contribution is 5.74. The number of aliphatic imine (C=N–C) groups is 1. The van der Waals surface area contributed by atoms with Gasteiger partial charge >= 0.3 is 0 Å². The van der Waals surface area contributed by atoms with Gasteiger partial charge in [-0.15, -0.1) is 0 Å². The Kier molecular flexibility index (Phi) is 5.28. The molecule has 0 aromatic rings. The van der Waals surface area contributed by atoms with Gasteiger partial charge in [0.2, 0.25) is 0 Å². The van der Waals surface area contributed by atoms with E-state index in [1.165, 1.54) is 51.4 Å². The maximum Gasteiger partial charge on any atom is 0.0585 e. The number of fused-ring (bicyclic) bond motifs is 5. The van der Waals surface area contributed by atoms with E-state index in [4.69, 9.17) is 5.11 Å². The van der Waals surface area contributed by atoms with Crippen LogP contribution in [0.2, 0.25) is 0 Å². The van der Waals surface area contributed by atoms with Crippen LogP contribution in [0, 0.1) is 17.8 Å². The predicted molar refractivity (Wildman–Crippen MR) is 115 cm³/mol. The van der Waals surface area contributed by atoms with Gasteiger partial charge in [0.25, 0.3) is 0 Å². The van der Waals surface area contributed by atoms with Gasteiger partial charge in [0.05, 0.1) is 6.04 Å². The standard InChI is InChI=1S/C25H34N2O/c28-16-6-2-1-3-7-18-10-13-21-22-17-26-15-14-24(22)27-23-9-5-4-8-19(23)11-12-20(18)25(21)27/h4,8,11,14-15,18,21-23,28H,1-3,5-7,9-10,12-13,16-17H2/t18?,21-,22-,23?/m1/s1. The summed E-state index contributed by atoms with van der Waals surface area (Å²) in [7, 11) is 0. The van der Waals surface area contributed by atoms with Crippen LogP contribution >= 0.6 is 0 Å². The average Bonchev–Trinajstić information content (AvgIpc) is 2.96. The highest BCUT2D eigenvalue weighted by Gasteiger charge is 2.49. The van der Waals surface area contributed by atoms with Crippen molar-refractivity contribution in [1.82, 2.24) is 4.90 Å². The Morgan fingerprint density at radius 2 is 2.00 bits per heavy atom. The molecule has 0 spiro atoms. The van der Waals surface area contributed by atoms with Gasteiger partial charge in [0.15, 0.2) is 0 Å². The van der Waals surface area contributed by atoms with Crippen LogP contribution in [0.3, 0.4) is 0 Å². The summed E-state index contributed by atoms with van der Waals surface area (Å²) in [6, 6.07) is 0.547. The van der Waals surface area contributed by atoms with Crippen LogP contribution in [0.1, 0.15) is 64.2 Å². The first-order valence-corrected chi connectivity index (χ1v) is 11.6. The fourth-order valence-electron chi connectivity index (χ4n) is 6.37. The van der Waals surface area contributed by atoms with Crippen LogP contribution < -0.4 is 0 Å². The molecule has 5 aliphatic rings. The molecule has 2 unspecified atom stereocenters. The second-order valence-corrected chi connectivity index (χ2v) is 9.20. The number of allylic oxidation sites excluding steroid dienone is 5. The summed E-state index contributed by atoms with van der Waals surface area (Å²) < 4.78 is 0. The minimum Gasteiger partial charge on any atom is -0.396 e. The fraction of sp³-hybridized carbons (Fsp3) is 0.640. The van der Waals surface area contributed by atoms with E-state index in [2.05, 4.69) is 40.4 Å². The Morgan fingerprint density at radius 1 is 1.07 bits per heavy atom. The molecule has 5 rings (SSSR count). The number of aliphatic hydroxyl groups excluding tert-OH is 1. The number of dihydropyridines is 1. The van der Waals surface area contributed by atoms with Crippen LogP contribution in [0.5, 0.6) is 0 Å². The van der Waals surface area contributed by atoms with Crippen molar-refractivity contribution < 1.29 is 5.11 Å². The van der Waals surface area contributed by atoms with Crippen LogP contribution in [-0.4, -0.2) is 35.4 Å². The molecule has 4 atom stereocenters. The molecule has 2 aliphatic carbocycles. The molecule has 0 radical (unpaired) electrons. The lowest BCUT2D eigenvalue weighted by Gasteiger charge is -2.37. The third kappa shape index (κ3) is 3.12. The molecular formula is C25H34N2O. The van der Waals surface area contributed by atoms with Gasteiger partial charge in [-0.3, -0.25) is 4.99 Å². The molecule has 3 nitrogen and oxygen atoms in total. The van der Waals surface area contributed by atoms with Crippen molar-refractivity contribution in [2.45, 2.75) is 70.3 Å². The summed E-state index contributed by atoms with van der Waals surface area (Å²) in [6.45, 7) is 1.33. The molecule has 150 valence electrons. The Morgan fingerprint density at radius 3 is 2.93 bits per heavy atom. The highest BCUT2D eigenvalue weighted by atomic mass is 16.2. The van der Waals surface area contributed by atoms with E-state index < -0.39 is 0 Å². The third-order valence-electron chi connectivity index (χ3n) is 7.69. The highest BCUT2D eigenvalue weighted by Crippen LogP contribution is 2.55. The molecule has 0 amide bonds.